The Hall–Kier alpha value is -2.22. The number of carbonyl (C=O) groups excluding carboxylic acids is 1. The number of carbonyl (C=O) groups is 1. The average molecular weight is 266 g/mol. The van der Waals surface area contributed by atoms with Crippen LogP contribution in [0, 0.1) is 10.1 Å². The predicted octanol–water partition coefficient (Wildman–Crippen LogP) is 0.347. The number of hydrogen-bond acceptors (Lipinski definition) is 6. The molecule has 2 atom stereocenters. The molecule has 8 heteroatoms. The smallest absolute Gasteiger partial charge is 0.288 e. The molecule has 0 aromatic carbocycles. The highest BCUT2D eigenvalue weighted by atomic mass is 16.6. The van der Waals surface area contributed by atoms with Gasteiger partial charge >= 0.3 is 0 Å². The van der Waals surface area contributed by atoms with Crippen LogP contribution in [-0.4, -0.2) is 28.0 Å². The molecule has 1 aromatic rings. The minimum absolute atomic E-state index is 0.000417. The molecule has 1 saturated carbocycles. The molecule has 1 amide bonds. The van der Waals surface area contributed by atoms with E-state index in [1.54, 1.807) is 0 Å². The maximum atomic E-state index is 11.3. The Labute approximate surface area is 108 Å². The zero-order chi connectivity index (χ0) is 14.0. The molecule has 2 unspecified atom stereocenters. The first-order valence-electron chi connectivity index (χ1n) is 5.85. The predicted molar refractivity (Wildman–Crippen MR) is 65.7 cm³/mol. The summed E-state index contributed by atoms with van der Waals surface area (Å²) in [6, 6.07) is 0.934. The Kier molecular flexibility index (Phi) is 3.61. The Morgan fingerprint density at radius 3 is 2.79 bits per heavy atom. The van der Waals surface area contributed by atoms with Gasteiger partial charge in [-0.05, 0) is 19.3 Å². The maximum absolute atomic E-state index is 11.3. The molecular weight excluding hydrogens is 252 g/mol. The van der Waals surface area contributed by atoms with E-state index in [2.05, 4.69) is 4.98 Å². The third kappa shape index (κ3) is 2.79. The SMILES string of the molecule is NC(=O)c1cc([N+](=O)[O-])cnc1OC1CCCC1N. The minimum atomic E-state index is -0.822. The fourth-order valence-electron chi connectivity index (χ4n) is 2.06. The van der Waals surface area contributed by atoms with Gasteiger partial charge in [-0.3, -0.25) is 14.9 Å². The van der Waals surface area contributed by atoms with Crippen molar-refractivity contribution < 1.29 is 14.5 Å². The summed E-state index contributed by atoms with van der Waals surface area (Å²) in [5.74, 6) is -0.821. The molecule has 4 N–H and O–H groups in total. The van der Waals surface area contributed by atoms with Gasteiger partial charge in [0.05, 0.1) is 4.92 Å². The molecule has 1 heterocycles. The largest absolute Gasteiger partial charge is 0.472 e. The van der Waals surface area contributed by atoms with Crippen LogP contribution in [0.5, 0.6) is 5.88 Å². The fourth-order valence-corrected chi connectivity index (χ4v) is 2.06. The topological polar surface area (TPSA) is 134 Å². The third-order valence-corrected chi connectivity index (χ3v) is 3.08. The van der Waals surface area contributed by atoms with Crippen LogP contribution in [0.25, 0.3) is 0 Å². The van der Waals surface area contributed by atoms with Gasteiger partial charge < -0.3 is 16.2 Å². The van der Waals surface area contributed by atoms with E-state index in [1.807, 2.05) is 0 Å². The van der Waals surface area contributed by atoms with Crippen LogP contribution in [0.4, 0.5) is 5.69 Å². The van der Waals surface area contributed by atoms with E-state index in [0.29, 0.717) is 0 Å². The van der Waals surface area contributed by atoms with Gasteiger partial charge in [-0.25, -0.2) is 4.98 Å². The lowest BCUT2D eigenvalue weighted by Gasteiger charge is -2.18. The second-order valence-corrected chi connectivity index (χ2v) is 4.42. The number of nitrogens with zero attached hydrogens (tertiary/aromatic N) is 2. The van der Waals surface area contributed by atoms with Gasteiger partial charge in [-0.1, -0.05) is 0 Å². The first-order chi connectivity index (χ1) is 8.99. The first-order valence-corrected chi connectivity index (χ1v) is 5.85. The molecule has 0 spiro atoms. The van der Waals surface area contributed by atoms with Crippen molar-refractivity contribution in [3.05, 3.63) is 27.9 Å². The normalized spacial score (nSPS) is 22.2. The summed E-state index contributed by atoms with van der Waals surface area (Å²) in [6.07, 6.45) is 3.32. The number of nitrogens with two attached hydrogens (primary N) is 2. The van der Waals surface area contributed by atoms with Gasteiger partial charge in [0, 0.05) is 12.1 Å². The van der Waals surface area contributed by atoms with Crippen molar-refractivity contribution in [2.75, 3.05) is 0 Å². The van der Waals surface area contributed by atoms with Crippen molar-refractivity contribution in [2.45, 2.75) is 31.4 Å². The second-order valence-electron chi connectivity index (χ2n) is 4.42. The second kappa shape index (κ2) is 5.19. The molecule has 19 heavy (non-hydrogen) atoms. The van der Waals surface area contributed by atoms with E-state index in [9.17, 15) is 14.9 Å². The summed E-state index contributed by atoms with van der Waals surface area (Å²) in [6.45, 7) is 0. The highest BCUT2D eigenvalue weighted by Gasteiger charge is 2.28. The molecule has 2 rings (SSSR count). The van der Waals surface area contributed by atoms with Crippen LogP contribution >= 0.6 is 0 Å². The molecule has 1 fully saturated rings. The molecule has 8 nitrogen and oxygen atoms in total. The first kappa shape index (κ1) is 13.2. The van der Waals surface area contributed by atoms with Crippen LogP contribution in [0.2, 0.25) is 0 Å². The van der Waals surface area contributed by atoms with Gasteiger partial charge in [-0.15, -0.1) is 0 Å². The number of aromatic nitrogens is 1. The van der Waals surface area contributed by atoms with Gasteiger partial charge in [0.25, 0.3) is 11.6 Å². The third-order valence-electron chi connectivity index (χ3n) is 3.08. The zero-order valence-corrected chi connectivity index (χ0v) is 10.1. The molecular formula is C11H14N4O4. The van der Waals surface area contributed by atoms with Crippen molar-refractivity contribution >= 4 is 11.6 Å². The Balaban J connectivity index is 2.29. The summed E-state index contributed by atoms with van der Waals surface area (Å²) in [5.41, 5.74) is 10.6. The number of ether oxygens (including phenoxy) is 1. The molecule has 1 aliphatic rings. The molecule has 102 valence electrons. The van der Waals surface area contributed by atoms with Crippen molar-refractivity contribution in [1.29, 1.82) is 0 Å². The average Bonchev–Trinajstić information content (AvgIpc) is 2.75. The number of amides is 1. The minimum Gasteiger partial charge on any atom is -0.472 e. The van der Waals surface area contributed by atoms with Crippen LogP contribution in [-0.2, 0) is 0 Å². The maximum Gasteiger partial charge on any atom is 0.288 e. The lowest BCUT2D eigenvalue weighted by Crippen LogP contribution is -2.34. The quantitative estimate of drug-likeness (QED) is 0.596. The summed E-state index contributed by atoms with van der Waals surface area (Å²) in [4.78, 5) is 25.1. The lowest BCUT2D eigenvalue weighted by atomic mass is 10.2. The van der Waals surface area contributed by atoms with Crippen LogP contribution in [0.3, 0.4) is 0 Å². The number of nitro groups is 1. The molecule has 0 aliphatic heterocycles. The van der Waals surface area contributed by atoms with Gasteiger partial charge in [0.1, 0.15) is 17.9 Å². The zero-order valence-electron chi connectivity index (χ0n) is 10.1. The number of primary amides is 1. The number of hydrogen-bond donors (Lipinski definition) is 2. The van der Waals surface area contributed by atoms with Gasteiger partial charge in [0.2, 0.25) is 5.88 Å². The Morgan fingerprint density at radius 2 is 2.26 bits per heavy atom. The fraction of sp³-hybridized carbons (Fsp3) is 0.455. The lowest BCUT2D eigenvalue weighted by molar-refractivity contribution is -0.385. The van der Waals surface area contributed by atoms with Crippen LogP contribution < -0.4 is 16.2 Å². The van der Waals surface area contributed by atoms with Crippen LogP contribution in [0.15, 0.2) is 12.3 Å². The Morgan fingerprint density at radius 1 is 1.53 bits per heavy atom. The highest BCUT2D eigenvalue weighted by Crippen LogP contribution is 2.26. The van der Waals surface area contributed by atoms with E-state index in [4.69, 9.17) is 16.2 Å². The van der Waals surface area contributed by atoms with E-state index in [-0.39, 0.29) is 29.3 Å². The van der Waals surface area contributed by atoms with Crippen molar-refractivity contribution in [3.8, 4) is 5.88 Å². The van der Waals surface area contributed by atoms with E-state index in [1.165, 1.54) is 0 Å². The molecule has 1 aromatic heterocycles. The summed E-state index contributed by atoms with van der Waals surface area (Å²) >= 11 is 0. The van der Waals surface area contributed by atoms with Crippen LogP contribution in [0.1, 0.15) is 29.6 Å². The van der Waals surface area contributed by atoms with Crippen molar-refractivity contribution in [2.24, 2.45) is 11.5 Å². The van der Waals surface area contributed by atoms with Gasteiger partial charge in [-0.2, -0.15) is 0 Å². The van der Waals surface area contributed by atoms with E-state index < -0.39 is 10.8 Å². The summed E-state index contributed by atoms with van der Waals surface area (Å²) < 4.78 is 5.56. The summed E-state index contributed by atoms with van der Waals surface area (Å²) in [5, 5.41) is 10.6. The van der Waals surface area contributed by atoms with E-state index in [0.717, 1.165) is 31.5 Å². The molecule has 1 aliphatic carbocycles. The van der Waals surface area contributed by atoms with Gasteiger partial charge in [0.15, 0.2) is 0 Å². The van der Waals surface area contributed by atoms with E-state index >= 15 is 0 Å². The molecule has 0 saturated heterocycles. The summed E-state index contributed by atoms with van der Waals surface area (Å²) in [7, 11) is 0. The molecule has 0 radical (unpaired) electrons. The standard InChI is InChI=1S/C11H14N4O4/c12-8-2-1-3-9(8)19-11-7(10(13)16)4-6(5-14-11)15(17)18/h4-5,8-9H,1-3,12H2,(H2,13,16). The highest BCUT2D eigenvalue weighted by molar-refractivity contribution is 5.95. The van der Waals surface area contributed by atoms with Crippen molar-refractivity contribution in [3.63, 3.8) is 0 Å². The number of rotatable bonds is 4. The molecule has 0 bridgehead atoms. The monoisotopic (exact) mass is 266 g/mol. The Bertz CT molecular complexity index is 519. The number of pyridine rings is 1. The van der Waals surface area contributed by atoms with Crippen molar-refractivity contribution in [1.82, 2.24) is 4.98 Å².